The molecule has 1 N–H and O–H groups in total. The molecule has 2 aliphatic rings. The average molecular weight is 270 g/mol. The van der Waals surface area contributed by atoms with Crippen LogP contribution in [0.2, 0.25) is 0 Å². The summed E-state index contributed by atoms with van der Waals surface area (Å²) in [5.74, 6) is 0.166. The Morgan fingerprint density at radius 2 is 1.95 bits per heavy atom. The molecule has 5 heteroatoms. The summed E-state index contributed by atoms with van der Waals surface area (Å²) >= 11 is 0. The van der Waals surface area contributed by atoms with Crippen molar-refractivity contribution >= 4 is 5.69 Å². The van der Waals surface area contributed by atoms with Crippen molar-refractivity contribution in [3.63, 3.8) is 0 Å². The average Bonchev–Trinajstić information content (AvgIpc) is 3.11. The number of halogens is 3. The zero-order valence-corrected chi connectivity index (χ0v) is 10.6. The van der Waals surface area contributed by atoms with Crippen molar-refractivity contribution < 1.29 is 13.2 Å². The number of hydrogen-bond donors (Lipinski definition) is 1. The molecule has 1 unspecified atom stereocenters. The second-order valence-electron chi connectivity index (χ2n) is 5.44. The highest BCUT2D eigenvalue weighted by atomic mass is 19.4. The summed E-state index contributed by atoms with van der Waals surface area (Å²) in [6.45, 7) is 0.449. The quantitative estimate of drug-likeness (QED) is 0.903. The highest BCUT2D eigenvalue weighted by Crippen LogP contribution is 2.36. The Morgan fingerprint density at radius 3 is 2.63 bits per heavy atom. The van der Waals surface area contributed by atoms with E-state index in [1.165, 1.54) is 0 Å². The van der Waals surface area contributed by atoms with Crippen LogP contribution in [-0.2, 0) is 0 Å². The molecule has 0 radical (unpaired) electrons. The first kappa shape index (κ1) is 12.8. The van der Waals surface area contributed by atoms with Gasteiger partial charge in [-0.05, 0) is 24.5 Å². The molecule has 1 aliphatic carbocycles. The van der Waals surface area contributed by atoms with Gasteiger partial charge in [0.05, 0.1) is 6.54 Å². The third-order valence-corrected chi connectivity index (χ3v) is 3.84. The van der Waals surface area contributed by atoms with Crippen LogP contribution in [0.25, 0.3) is 0 Å². The first-order valence-corrected chi connectivity index (χ1v) is 6.66. The van der Waals surface area contributed by atoms with Gasteiger partial charge < -0.3 is 5.32 Å². The van der Waals surface area contributed by atoms with Crippen molar-refractivity contribution in [3.05, 3.63) is 29.8 Å². The second kappa shape index (κ2) is 4.71. The van der Waals surface area contributed by atoms with Crippen molar-refractivity contribution in [2.45, 2.75) is 31.0 Å². The van der Waals surface area contributed by atoms with Crippen LogP contribution in [0.3, 0.4) is 0 Å². The zero-order chi connectivity index (χ0) is 13.5. The molecule has 1 aliphatic heterocycles. The molecule has 19 heavy (non-hydrogen) atoms. The monoisotopic (exact) mass is 270 g/mol. The summed E-state index contributed by atoms with van der Waals surface area (Å²) in [4.78, 5) is 1.61. The second-order valence-corrected chi connectivity index (χ2v) is 5.44. The van der Waals surface area contributed by atoms with E-state index in [0.29, 0.717) is 6.54 Å². The third kappa shape index (κ3) is 3.03. The van der Waals surface area contributed by atoms with E-state index in [9.17, 15) is 13.2 Å². The van der Waals surface area contributed by atoms with Crippen LogP contribution in [0, 0.1) is 0 Å². The van der Waals surface area contributed by atoms with Crippen LogP contribution < -0.4 is 5.32 Å². The lowest BCUT2D eigenvalue weighted by atomic mass is 10.0. The lowest BCUT2D eigenvalue weighted by Gasteiger charge is -2.26. The van der Waals surface area contributed by atoms with Gasteiger partial charge in [0.1, 0.15) is 0 Å². The third-order valence-electron chi connectivity index (χ3n) is 3.84. The topological polar surface area (TPSA) is 15.3 Å². The predicted molar refractivity (Wildman–Crippen MR) is 68.3 cm³/mol. The van der Waals surface area contributed by atoms with E-state index in [-0.39, 0.29) is 12.0 Å². The minimum atomic E-state index is -4.10. The largest absolute Gasteiger partial charge is 0.401 e. The van der Waals surface area contributed by atoms with E-state index in [2.05, 4.69) is 5.32 Å². The van der Waals surface area contributed by atoms with Crippen LogP contribution in [0.4, 0.5) is 18.9 Å². The lowest BCUT2D eigenvalue weighted by molar-refractivity contribution is -0.147. The van der Waals surface area contributed by atoms with Gasteiger partial charge in [0.25, 0.3) is 0 Å². The number of para-hydroxylation sites is 1. The van der Waals surface area contributed by atoms with Crippen molar-refractivity contribution in [2.75, 3.05) is 25.0 Å². The molecule has 1 aromatic rings. The Balaban J connectivity index is 1.70. The smallest absolute Gasteiger partial charge is 0.384 e. The summed E-state index contributed by atoms with van der Waals surface area (Å²) < 4.78 is 37.8. The highest BCUT2D eigenvalue weighted by Gasteiger charge is 2.39. The van der Waals surface area contributed by atoms with Crippen molar-refractivity contribution in [2.24, 2.45) is 0 Å². The van der Waals surface area contributed by atoms with E-state index >= 15 is 0 Å². The molecule has 3 rings (SSSR count). The van der Waals surface area contributed by atoms with Gasteiger partial charge in [0.2, 0.25) is 0 Å². The molecule has 2 nitrogen and oxygen atoms in total. The van der Waals surface area contributed by atoms with E-state index < -0.39 is 12.7 Å². The summed E-state index contributed by atoms with van der Waals surface area (Å²) in [7, 11) is 0. The van der Waals surface area contributed by atoms with Gasteiger partial charge in [-0.15, -0.1) is 0 Å². The summed E-state index contributed by atoms with van der Waals surface area (Å²) in [5.41, 5.74) is 2.21. The van der Waals surface area contributed by atoms with Gasteiger partial charge in [-0.1, -0.05) is 18.2 Å². The lowest BCUT2D eigenvalue weighted by Crippen LogP contribution is -2.39. The fourth-order valence-electron chi connectivity index (χ4n) is 2.82. The molecule has 1 fully saturated rings. The van der Waals surface area contributed by atoms with Crippen molar-refractivity contribution in [3.8, 4) is 0 Å². The van der Waals surface area contributed by atoms with Crippen LogP contribution >= 0.6 is 0 Å². The molecule has 0 amide bonds. The minimum Gasteiger partial charge on any atom is -0.384 e. The maximum Gasteiger partial charge on any atom is 0.401 e. The molecular formula is C14H17F3N2. The molecule has 0 aromatic heterocycles. The van der Waals surface area contributed by atoms with Gasteiger partial charge in [0, 0.05) is 30.7 Å². The predicted octanol–water partition coefficient (Wildman–Crippen LogP) is 3.22. The molecular weight excluding hydrogens is 253 g/mol. The molecule has 1 saturated carbocycles. The summed E-state index contributed by atoms with van der Waals surface area (Å²) in [6.07, 6.45) is -2.30. The summed E-state index contributed by atoms with van der Waals surface area (Å²) in [5, 5.41) is 3.27. The summed E-state index contributed by atoms with van der Waals surface area (Å²) in [6, 6.07) is 8.03. The number of nitrogens with zero attached hydrogens (tertiary/aromatic N) is 1. The fourth-order valence-corrected chi connectivity index (χ4v) is 2.82. The first-order valence-electron chi connectivity index (χ1n) is 6.66. The Hall–Kier alpha value is -1.23. The SMILES string of the molecule is FC(F)(F)CN(CC1CNc2ccccc21)C1CC1. The molecule has 0 spiro atoms. The minimum absolute atomic E-state index is 0.134. The van der Waals surface area contributed by atoms with E-state index in [4.69, 9.17) is 0 Å². The van der Waals surface area contributed by atoms with Crippen LogP contribution in [0.1, 0.15) is 24.3 Å². The van der Waals surface area contributed by atoms with E-state index in [1.54, 1.807) is 4.90 Å². The number of fused-ring (bicyclic) bond motifs is 1. The maximum atomic E-state index is 12.6. The molecule has 0 bridgehead atoms. The van der Waals surface area contributed by atoms with Gasteiger partial charge >= 0.3 is 6.18 Å². The number of benzene rings is 1. The zero-order valence-electron chi connectivity index (χ0n) is 10.6. The molecule has 1 aromatic carbocycles. The Kier molecular flexibility index (Phi) is 3.17. The molecule has 1 heterocycles. The first-order chi connectivity index (χ1) is 9.03. The maximum absolute atomic E-state index is 12.6. The number of rotatable bonds is 4. The van der Waals surface area contributed by atoms with Crippen molar-refractivity contribution in [1.82, 2.24) is 4.90 Å². The van der Waals surface area contributed by atoms with Gasteiger partial charge in [-0.3, -0.25) is 4.90 Å². The van der Waals surface area contributed by atoms with Crippen LogP contribution in [0.15, 0.2) is 24.3 Å². The van der Waals surface area contributed by atoms with Gasteiger partial charge in [0.15, 0.2) is 0 Å². The Labute approximate surface area is 110 Å². The van der Waals surface area contributed by atoms with Crippen LogP contribution in [0.5, 0.6) is 0 Å². The molecule has 1 atom stereocenters. The Bertz CT molecular complexity index is 454. The Morgan fingerprint density at radius 1 is 1.21 bits per heavy atom. The highest BCUT2D eigenvalue weighted by molar-refractivity contribution is 5.57. The van der Waals surface area contributed by atoms with Crippen LogP contribution in [-0.4, -0.2) is 36.8 Å². The molecule has 104 valence electrons. The standard InChI is InChI=1S/C14H17F3N2/c15-14(16,17)9-19(11-5-6-11)8-10-7-18-13-4-2-1-3-12(10)13/h1-4,10-11,18H,5-9H2. The molecule has 0 saturated heterocycles. The van der Waals surface area contributed by atoms with E-state index in [0.717, 1.165) is 30.6 Å². The van der Waals surface area contributed by atoms with Crippen molar-refractivity contribution in [1.29, 1.82) is 0 Å². The fraction of sp³-hybridized carbons (Fsp3) is 0.571. The van der Waals surface area contributed by atoms with Gasteiger partial charge in [-0.25, -0.2) is 0 Å². The number of nitrogens with one attached hydrogen (secondary N) is 1. The number of hydrogen-bond acceptors (Lipinski definition) is 2. The van der Waals surface area contributed by atoms with Gasteiger partial charge in [-0.2, -0.15) is 13.2 Å². The number of anilines is 1. The number of alkyl halides is 3. The normalized spacial score (nSPS) is 22.4. The van der Waals surface area contributed by atoms with E-state index in [1.807, 2.05) is 24.3 Å².